The van der Waals surface area contributed by atoms with Crippen LogP contribution in [0.5, 0.6) is 0 Å². The molecular formula is C21H19F3N2O3. The Morgan fingerprint density at radius 1 is 1.21 bits per heavy atom. The summed E-state index contributed by atoms with van der Waals surface area (Å²) in [5.74, 6) is 0. The zero-order chi connectivity index (χ0) is 20.4. The fraction of sp³-hybridized carbons (Fsp3) is 0.333. The van der Waals surface area contributed by atoms with Gasteiger partial charge in [0.2, 0.25) is 0 Å². The Balaban J connectivity index is 1.52. The highest BCUT2D eigenvalue weighted by molar-refractivity contribution is 5.74. The molecule has 4 rings (SSSR count). The van der Waals surface area contributed by atoms with E-state index < -0.39 is 23.9 Å². The summed E-state index contributed by atoms with van der Waals surface area (Å²) in [6.07, 6.45) is -0.531. The van der Waals surface area contributed by atoms with E-state index in [0.29, 0.717) is 18.6 Å². The third kappa shape index (κ3) is 4.27. The molecule has 5 nitrogen and oxygen atoms in total. The van der Waals surface area contributed by atoms with Gasteiger partial charge in [0.1, 0.15) is 6.61 Å². The molecule has 0 saturated carbocycles. The highest BCUT2D eigenvalue weighted by atomic mass is 19.4. The van der Waals surface area contributed by atoms with Gasteiger partial charge in [0.15, 0.2) is 0 Å². The molecule has 1 amide bonds. The monoisotopic (exact) mass is 404 g/mol. The van der Waals surface area contributed by atoms with Crippen molar-refractivity contribution in [3.63, 3.8) is 0 Å². The Hall–Kier alpha value is -2.87. The number of rotatable bonds is 3. The summed E-state index contributed by atoms with van der Waals surface area (Å²) in [6, 6.07) is 9.75. The minimum Gasteiger partial charge on any atom is -0.445 e. The van der Waals surface area contributed by atoms with Crippen LogP contribution in [0.25, 0.3) is 5.57 Å². The summed E-state index contributed by atoms with van der Waals surface area (Å²) in [5.41, 5.74) is 1.23. The number of carbonyl (C=O) groups excluding carboxylic acids is 1. The van der Waals surface area contributed by atoms with Gasteiger partial charge in [-0.25, -0.2) is 4.79 Å². The van der Waals surface area contributed by atoms with E-state index in [4.69, 9.17) is 9.47 Å². The Morgan fingerprint density at radius 2 is 2.00 bits per heavy atom. The van der Waals surface area contributed by atoms with E-state index in [2.05, 4.69) is 4.98 Å². The summed E-state index contributed by atoms with van der Waals surface area (Å²) in [5, 5.41) is 0. The van der Waals surface area contributed by atoms with Gasteiger partial charge in [-0.2, -0.15) is 13.2 Å². The maximum absolute atomic E-state index is 13.0. The van der Waals surface area contributed by atoms with E-state index in [-0.39, 0.29) is 19.3 Å². The molecule has 29 heavy (non-hydrogen) atoms. The van der Waals surface area contributed by atoms with Crippen LogP contribution in [0.4, 0.5) is 18.0 Å². The zero-order valence-electron chi connectivity index (χ0n) is 15.4. The van der Waals surface area contributed by atoms with E-state index >= 15 is 0 Å². The fourth-order valence-electron chi connectivity index (χ4n) is 3.66. The number of alkyl halides is 3. The molecule has 0 radical (unpaired) electrons. The summed E-state index contributed by atoms with van der Waals surface area (Å²) >= 11 is 0. The van der Waals surface area contributed by atoms with Crippen LogP contribution in [0.2, 0.25) is 0 Å². The number of hydrogen-bond donors (Lipinski definition) is 0. The number of ether oxygens (including phenoxy) is 2. The van der Waals surface area contributed by atoms with Crippen LogP contribution in [0.1, 0.15) is 23.1 Å². The average Bonchev–Trinajstić information content (AvgIpc) is 2.71. The first kappa shape index (κ1) is 19.4. The summed E-state index contributed by atoms with van der Waals surface area (Å²) in [4.78, 5) is 18.0. The van der Waals surface area contributed by atoms with Crippen molar-refractivity contribution >= 4 is 11.7 Å². The van der Waals surface area contributed by atoms with Crippen molar-refractivity contribution in [3.05, 3.63) is 71.6 Å². The third-order valence-electron chi connectivity index (χ3n) is 5.05. The van der Waals surface area contributed by atoms with Crippen molar-refractivity contribution in [3.8, 4) is 0 Å². The normalized spacial score (nSPS) is 21.5. The topological polar surface area (TPSA) is 51.7 Å². The lowest BCUT2D eigenvalue weighted by atomic mass is 9.90. The maximum atomic E-state index is 13.0. The number of pyridine rings is 1. The Bertz CT molecular complexity index is 915. The summed E-state index contributed by atoms with van der Waals surface area (Å²) < 4.78 is 50.0. The van der Waals surface area contributed by atoms with Crippen LogP contribution < -0.4 is 0 Å². The summed E-state index contributed by atoms with van der Waals surface area (Å²) in [7, 11) is 0. The molecule has 0 spiro atoms. The SMILES string of the molecule is O=C(OCc1ccccc1)N1C2C=C(c3cncc(C(F)(F)F)c3)CC1COC2. The first-order valence-corrected chi connectivity index (χ1v) is 9.22. The molecule has 2 aromatic rings. The lowest BCUT2D eigenvalue weighted by molar-refractivity contribution is -0.137. The maximum Gasteiger partial charge on any atom is 0.417 e. The highest BCUT2D eigenvalue weighted by Gasteiger charge is 2.39. The van der Waals surface area contributed by atoms with E-state index in [1.54, 1.807) is 11.0 Å². The van der Waals surface area contributed by atoms with Crippen LogP contribution in [0, 0.1) is 0 Å². The number of benzene rings is 1. The molecule has 2 unspecified atom stereocenters. The molecule has 2 aliphatic rings. The first-order chi connectivity index (χ1) is 13.9. The van der Waals surface area contributed by atoms with Gasteiger partial charge < -0.3 is 9.47 Å². The smallest absolute Gasteiger partial charge is 0.417 e. The molecule has 1 aromatic carbocycles. The van der Waals surface area contributed by atoms with Gasteiger partial charge in [-0.1, -0.05) is 36.4 Å². The van der Waals surface area contributed by atoms with Crippen LogP contribution >= 0.6 is 0 Å². The standard InChI is InChI=1S/C21H19F3N2O3/c22-21(23,24)17-6-16(9-25-10-17)15-7-18-12-28-13-19(8-15)26(18)20(27)29-11-14-4-2-1-3-5-14/h1-7,9-10,18-19H,8,11-13H2. The van der Waals surface area contributed by atoms with Gasteiger partial charge >= 0.3 is 12.3 Å². The van der Waals surface area contributed by atoms with Crippen molar-refractivity contribution in [2.45, 2.75) is 31.3 Å². The second kappa shape index (κ2) is 7.87. The Kier molecular flexibility index (Phi) is 5.27. The average molecular weight is 404 g/mol. The van der Waals surface area contributed by atoms with E-state index in [1.165, 1.54) is 6.20 Å². The number of carbonyl (C=O) groups is 1. The predicted molar refractivity (Wildman–Crippen MR) is 98.7 cm³/mol. The number of morpholine rings is 1. The molecule has 0 N–H and O–H groups in total. The van der Waals surface area contributed by atoms with Crippen LogP contribution in [0.3, 0.4) is 0 Å². The molecule has 2 atom stereocenters. The molecule has 3 heterocycles. The Morgan fingerprint density at radius 3 is 2.72 bits per heavy atom. The highest BCUT2D eigenvalue weighted by Crippen LogP contribution is 2.35. The van der Waals surface area contributed by atoms with Gasteiger partial charge in [-0.15, -0.1) is 0 Å². The minimum atomic E-state index is -4.45. The van der Waals surface area contributed by atoms with Crippen LogP contribution in [-0.2, 0) is 22.3 Å². The second-order valence-corrected chi connectivity index (χ2v) is 7.06. The summed E-state index contributed by atoms with van der Waals surface area (Å²) in [6.45, 7) is 0.734. The van der Waals surface area contributed by atoms with Crippen molar-refractivity contribution in [2.24, 2.45) is 0 Å². The van der Waals surface area contributed by atoms with E-state index in [1.807, 2.05) is 30.3 Å². The van der Waals surface area contributed by atoms with E-state index in [0.717, 1.165) is 23.4 Å². The van der Waals surface area contributed by atoms with Crippen LogP contribution in [0.15, 0.2) is 54.9 Å². The fourth-order valence-corrected chi connectivity index (χ4v) is 3.66. The van der Waals surface area contributed by atoms with Gasteiger partial charge in [0.25, 0.3) is 0 Å². The number of amides is 1. The number of nitrogens with zero attached hydrogens (tertiary/aromatic N) is 2. The second-order valence-electron chi connectivity index (χ2n) is 7.06. The molecule has 152 valence electrons. The molecular weight excluding hydrogens is 385 g/mol. The molecule has 2 bridgehead atoms. The van der Waals surface area contributed by atoms with Crippen molar-refractivity contribution < 1.29 is 27.4 Å². The largest absolute Gasteiger partial charge is 0.445 e. The van der Waals surface area contributed by atoms with E-state index in [9.17, 15) is 18.0 Å². The number of aromatic nitrogens is 1. The van der Waals surface area contributed by atoms with Crippen LogP contribution in [-0.4, -0.2) is 41.3 Å². The first-order valence-electron chi connectivity index (χ1n) is 9.22. The molecule has 2 aliphatic heterocycles. The molecule has 8 heteroatoms. The molecule has 0 aliphatic carbocycles. The number of hydrogen-bond acceptors (Lipinski definition) is 4. The van der Waals surface area contributed by atoms with Crippen molar-refractivity contribution in [1.82, 2.24) is 9.88 Å². The predicted octanol–water partition coefficient (Wildman–Crippen LogP) is 4.29. The van der Waals surface area contributed by atoms with Crippen molar-refractivity contribution in [1.29, 1.82) is 0 Å². The lowest BCUT2D eigenvalue weighted by Crippen LogP contribution is -2.56. The van der Waals surface area contributed by atoms with Gasteiger partial charge in [-0.3, -0.25) is 9.88 Å². The van der Waals surface area contributed by atoms with Crippen molar-refractivity contribution in [2.75, 3.05) is 13.2 Å². The van der Waals surface area contributed by atoms with Gasteiger partial charge in [-0.05, 0) is 29.2 Å². The van der Waals surface area contributed by atoms with Gasteiger partial charge in [0, 0.05) is 12.4 Å². The van der Waals surface area contributed by atoms with Gasteiger partial charge in [0.05, 0.1) is 30.9 Å². The molecule has 1 fully saturated rings. The minimum absolute atomic E-state index is 0.157. The quantitative estimate of drug-likeness (QED) is 0.766. The Labute approximate surface area is 165 Å². The molecule has 1 aromatic heterocycles. The third-order valence-corrected chi connectivity index (χ3v) is 5.05. The lowest BCUT2D eigenvalue weighted by Gasteiger charge is -2.43. The zero-order valence-corrected chi connectivity index (χ0v) is 15.4. The number of fused-ring (bicyclic) bond motifs is 2. The number of halogens is 3. The molecule has 1 saturated heterocycles.